The molecule has 0 bridgehead atoms. The number of amides is 1. The van der Waals surface area contributed by atoms with Gasteiger partial charge in [0.05, 0.1) is 41.9 Å². The molecule has 1 fully saturated rings. The third-order valence-corrected chi connectivity index (χ3v) is 6.18. The van der Waals surface area contributed by atoms with Crippen LogP contribution in [0.1, 0.15) is 24.9 Å². The van der Waals surface area contributed by atoms with Crippen molar-refractivity contribution in [2.75, 3.05) is 42.9 Å². The highest BCUT2D eigenvalue weighted by Crippen LogP contribution is 2.42. The molecule has 4 N–H and O–H groups in total. The van der Waals surface area contributed by atoms with Crippen LogP contribution >= 0.6 is 24.6 Å². The fraction of sp³-hybridized carbons (Fsp3) is 0.400. The average Bonchev–Trinajstić information content (AvgIpc) is 2.84. The Morgan fingerprint density at radius 2 is 2.09 bits per heavy atom. The quantitative estimate of drug-likeness (QED) is 0.446. The first kappa shape index (κ1) is 24.2. The highest BCUT2D eigenvalue weighted by Gasteiger charge is 2.52. The second-order valence-corrected chi connectivity index (χ2v) is 7.72. The summed E-state index contributed by atoms with van der Waals surface area (Å²) in [6, 6.07) is 2.74. The SMILES string of the molecule is CCC12COCCN1c1nc(/C(SN)=C(/N)c3ccc(F)cn3)ncc1N(C)C2=O.CS. The van der Waals surface area contributed by atoms with Gasteiger partial charge in [-0.05, 0) is 36.8 Å². The van der Waals surface area contributed by atoms with Crippen molar-refractivity contribution in [3.63, 3.8) is 0 Å². The van der Waals surface area contributed by atoms with Gasteiger partial charge >= 0.3 is 0 Å². The van der Waals surface area contributed by atoms with Crippen molar-refractivity contribution in [1.82, 2.24) is 15.0 Å². The van der Waals surface area contributed by atoms with Crippen molar-refractivity contribution in [1.29, 1.82) is 0 Å². The van der Waals surface area contributed by atoms with Crippen LogP contribution in [0.5, 0.6) is 0 Å². The number of nitrogens with zero attached hydrogens (tertiary/aromatic N) is 5. The standard InChI is InChI=1S/C19H22FN7O2S.CH4S/c1-3-19-10-29-7-6-27(19)17-13(26(2)18(19)28)9-24-16(25-17)15(30-22)14(21)12-5-4-11(20)8-23-12;1-2/h4-5,8-9H,3,6-7,10,21-22H2,1-2H3;2H,1H3/b15-14-;. The molecule has 1 unspecified atom stereocenters. The van der Waals surface area contributed by atoms with Crippen LogP contribution in [0.15, 0.2) is 24.5 Å². The summed E-state index contributed by atoms with van der Waals surface area (Å²) < 4.78 is 18.9. The van der Waals surface area contributed by atoms with E-state index in [-0.39, 0.29) is 11.6 Å². The fourth-order valence-electron chi connectivity index (χ4n) is 3.84. The molecule has 2 aliphatic rings. The number of carbonyl (C=O) groups excluding carboxylic acids is 1. The second kappa shape index (κ2) is 10.0. The van der Waals surface area contributed by atoms with Crippen LogP contribution in [0.4, 0.5) is 15.9 Å². The van der Waals surface area contributed by atoms with Crippen LogP contribution < -0.4 is 20.7 Å². The second-order valence-electron chi connectivity index (χ2n) is 7.08. The summed E-state index contributed by atoms with van der Waals surface area (Å²) in [7, 11) is 1.71. The summed E-state index contributed by atoms with van der Waals surface area (Å²) in [6.07, 6.45) is 4.94. The Balaban J connectivity index is 0.00000141. The molecular weight excluding hydrogens is 453 g/mol. The number of aromatic nitrogens is 3. The molecule has 0 radical (unpaired) electrons. The molecule has 172 valence electrons. The van der Waals surface area contributed by atoms with Gasteiger partial charge in [0, 0.05) is 13.6 Å². The number of fused-ring (bicyclic) bond motifs is 3. The minimum Gasteiger partial charge on any atom is -0.396 e. The zero-order valence-electron chi connectivity index (χ0n) is 18.1. The van der Waals surface area contributed by atoms with Crippen LogP contribution in [0.25, 0.3) is 10.6 Å². The summed E-state index contributed by atoms with van der Waals surface area (Å²) >= 11 is 4.42. The lowest BCUT2D eigenvalue weighted by Gasteiger charge is -2.51. The highest BCUT2D eigenvalue weighted by molar-refractivity contribution is 8.06. The van der Waals surface area contributed by atoms with Gasteiger partial charge in [0.25, 0.3) is 5.91 Å². The number of rotatable bonds is 4. The van der Waals surface area contributed by atoms with Crippen molar-refractivity contribution in [3.05, 3.63) is 41.9 Å². The molecule has 1 amide bonds. The molecule has 0 spiro atoms. The normalized spacial score (nSPS) is 20.6. The van der Waals surface area contributed by atoms with Crippen molar-refractivity contribution in [2.24, 2.45) is 10.9 Å². The van der Waals surface area contributed by atoms with E-state index in [2.05, 4.69) is 22.6 Å². The largest absolute Gasteiger partial charge is 0.396 e. The van der Waals surface area contributed by atoms with Crippen molar-refractivity contribution in [2.45, 2.75) is 18.9 Å². The van der Waals surface area contributed by atoms with E-state index in [4.69, 9.17) is 20.6 Å². The first-order valence-corrected chi connectivity index (χ1v) is 11.6. The number of thiol groups is 1. The Kier molecular flexibility index (Phi) is 7.59. The number of hydrogen-bond acceptors (Lipinski definition) is 10. The number of anilines is 2. The molecule has 4 rings (SSSR count). The number of carbonyl (C=O) groups is 1. The maximum Gasteiger partial charge on any atom is 0.255 e. The van der Waals surface area contributed by atoms with Gasteiger partial charge in [-0.15, -0.1) is 0 Å². The molecule has 2 aromatic rings. The van der Waals surface area contributed by atoms with Gasteiger partial charge in [-0.25, -0.2) is 14.4 Å². The average molecular weight is 480 g/mol. The number of morpholine rings is 1. The minimum atomic E-state index is -0.810. The first-order valence-electron chi connectivity index (χ1n) is 9.87. The Labute approximate surface area is 196 Å². The third kappa shape index (κ3) is 4.03. The van der Waals surface area contributed by atoms with Gasteiger partial charge in [-0.3, -0.25) is 14.9 Å². The zero-order valence-corrected chi connectivity index (χ0v) is 19.8. The van der Waals surface area contributed by atoms with E-state index < -0.39 is 11.4 Å². The number of halogens is 1. The van der Waals surface area contributed by atoms with E-state index >= 15 is 0 Å². The van der Waals surface area contributed by atoms with Gasteiger partial charge in [-0.1, -0.05) is 6.92 Å². The molecule has 1 saturated heterocycles. The maximum atomic E-state index is 13.2. The Morgan fingerprint density at radius 1 is 1.34 bits per heavy atom. The Morgan fingerprint density at radius 3 is 2.72 bits per heavy atom. The van der Waals surface area contributed by atoms with Crippen molar-refractivity contribution >= 4 is 52.6 Å². The van der Waals surface area contributed by atoms with E-state index in [1.54, 1.807) is 24.4 Å². The molecule has 0 aliphatic carbocycles. The molecule has 4 heterocycles. The summed E-state index contributed by atoms with van der Waals surface area (Å²) in [5.74, 6) is 0.421. The van der Waals surface area contributed by atoms with E-state index in [1.165, 1.54) is 12.1 Å². The van der Waals surface area contributed by atoms with Crippen LogP contribution in [-0.2, 0) is 9.53 Å². The van der Waals surface area contributed by atoms with Crippen LogP contribution in [-0.4, -0.2) is 59.5 Å². The van der Waals surface area contributed by atoms with Crippen LogP contribution in [0.3, 0.4) is 0 Å². The maximum absolute atomic E-state index is 13.2. The topological polar surface area (TPSA) is 123 Å². The molecule has 1 atom stereocenters. The number of nitrogens with two attached hydrogens (primary N) is 2. The molecule has 2 aliphatic heterocycles. The third-order valence-electron chi connectivity index (χ3n) is 5.54. The van der Waals surface area contributed by atoms with Crippen LogP contribution in [0, 0.1) is 5.82 Å². The molecule has 2 aromatic heterocycles. The lowest BCUT2D eigenvalue weighted by molar-refractivity contribution is -0.128. The van der Waals surface area contributed by atoms with E-state index in [1.807, 2.05) is 11.8 Å². The smallest absolute Gasteiger partial charge is 0.255 e. The first-order chi connectivity index (χ1) is 15.4. The van der Waals surface area contributed by atoms with Crippen molar-refractivity contribution in [3.8, 4) is 0 Å². The minimum absolute atomic E-state index is 0.0486. The van der Waals surface area contributed by atoms with Gasteiger partial charge in [0.1, 0.15) is 17.0 Å². The molecular formula is C20H26FN7O2S2. The van der Waals surface area contributed by atoms with E-state index in [9.17, 15) is 9.18 Å². The highest BCUT2D eigenvalue weighted by atomic mass is 32.2. The summed E-state index contributed by atoms with van der Waals surface area (Å²) in [5, 5.41) is 5.88. The molecule has 32 heavy (non-hydrogen) atoms. The number of hydrogen-bond donors (Lipinski definition) is 3. The van der Waals surface area contributed by atoms with Gasteiger partial charge in [0.15, 0.2) is 11.6 Å². The number of likely N-dealkylation sites (N-methyl/N-ethyl adjacent to an activating group) is 1. The summed E-state index contributed by atoms with van der Waals surface area (Å²) in [5.41, 5.74) is 6.66. The number of pyridine rings is 1. The van der Waals surface area contributed by atoms with Gasteiger partial charge < -0.3 is 20.3 Å². The Hall–Kier alpha value is -2.41. The number of ether oxygens (including phenoxy) is 1. The van der Waals surface area contributed by atoms with Gasteiger partial charge in [-0.2, -0.15) is 12.6 Å². The summed E-state index contributed by atoms with van der Waals surface area (Å²) in [6.45, 7) is 3.27. The molecule has 0 saturated carbocycles. The van der Waals surface area contributed by atoms with Crippen molar-refractivity contribution < 1.29 is 13.9 Å². The van der Waals surface area contributed by atoms with E-state index in [0.717, 1.165) is 18.1 Å². The lowest BCUT2D eigenvalue weighted by atomic mass is 9.89. The zero-order chi connectivity index (χ0) is 23.5. The fourth-order valence-corrected chi connectivity index (χ4v) is 4.27. The summed E-state index contributed by atoms with van der Waals surface area (Å²) in [4.78, 5) is 30.2. The molecule has 0 aromatic carbocycles. The monoisotopic (exact) mass is 479 g/mol. The Bertz CT molecular complexity index is 1020. The van der Waals surface area contributed by atoms with Gasteiger partial charge in [0.2, 0.25) is 0 Å². The molecule has 12 heteroatoms. The predicted octanol–water partition coefficient (Wildman–Crippen LogP) is 1.91. The lowest BCUT2D eigenvalue weighted by Crippen LogP contribution is -2.68. The molecule has 9 nitrogen and oxygen atoms in total. The van der Waals surface area contributed by atoms with Crippen LogP contribution in [0.2, 0.25) is 0 Å². The predicted molar refractivity (Wildman–Crippen MR) is 129 cm³/mol. The van der Waals surface area contributed by atoms with E-state index in [0.29, 0.717) is 54.1 Å².